The molecule has 1 aromatic heterocycles. The average molecular weight is 347 g/mol. The van der Waals surface area contributed by atoms with Gasteiger partial charge in [-0.25, -0.2) is 9.78 Å². The molecule has 0 aliphatic heterocycles. The predicted octanol–water partition coefficient (Wildman–Crippen LogP) is 4.38. The summed E-state index contributed by atoms with van der Waals surface area (Å²) in [6.45, 7) is 4.29. The Morgan fingerprint density at radius 3 is 2.75 bits per heavy atom. The maximum absolute atomic E-state index is 11.7. The van der Waals surface area contributed by atoms with Gasteiger partial charge in [0.05, 0.1) is 6.61 Å². The topological polar surface area (TPSA) is 86.5 Å². The number of carbonyl (C=O) groups is 1. The number of nitrogens with one attached hydrogen (secondary N) is 1. The van der Waals surface area contributed by atoms with Gasteiger partial charge in [0.25, 0.3) is 0 Å². The van der Waals surface area contributed by atoms with E-state index in [9.17, 15) is 4.79 Å². The summed E-state index contributed by atoms with van der Waals surface area (Å²) < 4.78 is 10.9. The van der Waals surface area contributed by atoms with Gasteiger partial charge in [0.2, 0.25) is 0 Å². The molecular formula is C17H21N3O3S. The van der Waals surface area contributed by atoms with Crippen molar-refractivity contribution in [2.24, 2.45) is 5.92 Å². The number of benzene rings is 1. The van der Waals surface area contributed by atoms with Crippen LogP contribution in [0.15, 0.2) is 41.4 Å². The highest BCUT2D eigenvalue weighted by atomic mass is 32.2. The van der Waals surface area contributed by atoms with Gasteiger partial charge in [0.1, 0.15) is 17.3 Å². The molecule has 0 bridgehead atoms. The van der Waals surface area contributed by atoms with E-state index in [1.807, 2.05) is 26.2 Å². The number of rotatable bonds is 6. The van der Waals surface area contributed by atoms with Crippen LogP contribution in [-0.4, -0.2) is 23.9 Å². The molecular weight excluding hydrogens is 326 g/mol. The second kappa shape index (κ2) is 8.44. The summed E-state index contributed by atoms with van der Waals surface area (Å²) in [6, 6.07) is 8.79. The molecule has 2 rings (SSSR count). The summed E-state index contributed by atoms with van der Waals surface area (Å²) in [4.78, 5) is 16.7. The van der Waals surface area contributed by atoms with Crippen LogP contribution in [0.1, 0.15) is 13.8 Å². The molecule has 24 heavy (non-hydrogen) atoms. The molecule has 0 radical (unpaired) electrons. The minimum absolute atomic E-state index is 0.273. The van der Waals surface area contributed by atoms with E-state index in [0.717, 1.165) is 4.90 Å². The van der Waals surface area contributed by atoms with E-state index in [2.05, 4.69) is 10.3 Å². The third-order valence-electron chi connectivity index (χ3n) is 2.95. The molecule has 0 atom stereocenters. The first-order valence-electron chi connectivity index (χ1n) is 7.49. The van der Waals surface area contributed by atoms with Crippen LogP contribution in [0.25, 0.3) is 0 Å². The number of nitrogens with zero attached hydrogens (tertiary/aromatic N) is 1. The molecule has 0 aliphatic carbocycles. The van der Waals surface area contributed by atoms with E-state index in [4.69, 9.17) is 15.2 Å². The van der Waals surface area contributed by atoms with Crippen LogP contribution in [0.3, 0.4) is 0 Å². The number of pyridine rings is 1. The molecule has 7 heteroatoms. The molecule has 0 saturated heterocycles. The first kappa shape index (κ1) is 17.9. The van der Waals surface area contributed by atoms with Crippen molar-refractivity contribution in [3.05, 3.63) is 36.5 Å². The number of aromatic nitrogens is 1. The third-order valence-corrected chi connectivity index (χ3v) is 3.74. The highest BCUT2D eigenvalue weighted by Crippen LogP contribution is 2.30. The first-order valence-corrected chi connectivity index (χ1v) is 8.71. The van der Waals surface area contributed by atoms with Gasteiger partial charge in [-0.15, -0.1) is 11.8 Å². The summed E-state index contributed by atoms with van der Waals surface area (Å²) in [5.41, 5.74) is 6.58. The third kappa shape index (κ3) is 5.34. The van der Waals surface area contributed by atoms with Crippen LogP contribution in [0.2, 0.25) is 0 Å². The predicted molar refractivity (Wildman–Crippen MR) is 96.8 cm³/mol. The van der Waals surface area contributed by atoms with Crippen LogP contribution in [-0.2, 0) is 4.74 Å². The minimum atomic E-state index is -0.537. The monoisotopic (exact) mass is 347 g/mol. The second-order valence-corrected chi connectivity index (χ2v) is 6.35. The summed E-state index contributed by atoms with van der Waals surface area (Å²) >= 11 is 1.55. The van der Waals surface area contributed by atoms with Crippen molar-refractivity contribution in [3.63, 3.8) is 0 Å². The van der Waals surface area contributed by atoms with Crippen LogP contribution in [0.5, 0.6) is 11.5 Å². The summed E-state index contributed by atoms with van der Waals surface area (Å²) in [6.07, 6.45) is 2.97. The van der Waals surface area contributed by atoms with Crippen LogP contribution in [0, 0.1) is 5.92 Å². The van der Waals surface area contributed by atoms with E-state index in [-0.39, 0.29) is 5.92 Å². The first-order chi connectivity index (χ1) is 11.5. The fraction of sp³-hybridized carbons (Fsp3) is 0.294. The molecule has 1 aromatic carbocycles. The average Bonchev–Trinajstić information content (AvgIpc) is 2.55. The Morgan fingerprint density at radius 1 is 1.29 bits per heavy atom. The lowest BCUT2D eigenvalue weighted by Gasteiger charge is -2.11. The highest BCUT2D eigenvalue weighted by Gasteiger charge is 2.08. The number of nitrogen functional groups attached to an aromatic ring is 1. The van der Waals surface area contributed by atoms with E-state index >= 15 is 0 Å². The SMILES string of the molecule is CSc1cc(Oc2ccnc(NC(=O)OCC(C)C)c2)ccc1N. The van der Waals surface area contributed by atoms with Gasteiger partial charge in [-0.05, 0) is 36.4 Å². The van der Waals surface area contributed by atoms with Gasteiger partial charge in [-0.2, -0.15) is 0 Å². The molecule has 0 spiro atoms. The van der Waals surface area contributed by atoms with Gasteiger partial charge in [-0.1, -0.05) is 13.8 Å². The van der Waals surface area contributed by atoms with E-state index < -0.39 is 6.09 Å². The van der Waals surface area contributed by atoms with Crippen molar-refractivity contribution in [2.45, 2.75) is 18.7 Å². The standard InChI is InChI=1S/C17H21N3O3S/c1-11(2)10-22-17(21)20-16-9-13(6-7-19-16)23-12-4-5-14(18)15(8-12)24-3/h4-9,11H,10,18H2,1-3H3,(H,19,20,21). The minimum Gasteiger partial charge on any atom is -0.457 e. The molecule has 0 aliphatic rings. The molecule has 1 amide bonds. The van der Waals surface area contributed by atoms with Crippen LogP contribution < -0.4 is 15.8 Å². The quantitative estimate of drug-likeness (QED) is 0.595. The summed E-state index contributed by atoms with van der Waals surface area (Å²) in [5, 5.41) is 2.58. The number of amides is 1. The van der Waals surface area contributed by atoms with Gasteiger partial charge in [0, 0.05) is 22.8 Å². The number of nitrogens with two attached hydrogens (primary N) is 1. The van der Waals surface area contributed by atoms with Gasteiger partial charge < -0.3 is 15.2 Å². The maximum atomic E-state index is 11.7. The van der Waals surface area contributed by atoms with Crippen molar-refractivity contribution in [1.82, 2.24) is 4.98 Å². The van der Waals surface area contributed by atoms with E-state index in [0.29, 0.717) is 29.6 Å². The zero-order chi connectivity index (χ0) is 17.5. The lowest BCUT2D eigenvalue weighted by Crippen LogP contribution is -2.17. The van der Waals surface area contributed by atoms with Crippen molar-refractivity contribution in [2.75, 3.05) is 23.9 Å². The Balaban J connectivity index is 2.03. The lowest BCUT2D eigenvalue weighted by atomic mass is 10.2. The Bertz CT molecular complexity index is 707. The molecule has 2 aromatic rings. The molecule has 1 heterocycles. The van der Waals surface area contributed by atoms with Crippen LogP contribution >= 0.6 is 11.8 Å². The Kier molecular flexibility index (Phi) is 6.31. The van der Waals surface area contributed by atoms with E-state index in [1.165, 1.54) is 0 Å². The Hall–Kier alpha value is -2.41. The highest BCUT2D eigenvalue weighted by molar-refractivity contribution is 7.98. The van der Waals surface area contributed by atoms with Crippen LogP contribution in [0.4, 0.5) is 16.3 Å². The smallest absolute Gasteiger partial charge is 0.412 e. The van der Waals surface area contributed by atoms with Gasteiger partial charge in [0.15, 0.2) is 0 Å². The van der Waals surface area contributed by atoms with E-state index in [1.54, 1.807) is 42.2 Å². The van der Waals surface area contributed by atoms with Crippen molar-refractivity contribution >= 4 is 29.4 Å². The maximum Gasteiger partial charge on any atom is 0.412 e. The fourth-order valence-corrected chi connectivity index (χ4v) is 2.35. The molecule has 128 valence electrons. The zero-order valence-corrected chi connectivity index (χ0v) is 14.7. The number of carbonyl (C=O) groups excluding carboxylic acids is 1. The number of thioether (sulfide) groups is 1. The number of anilines is 2. The van der Waals surface area contributed by atoms with Gasteiger partial charge in [-0.3, -0.25) is 5.32 Å². The normalized spacial score (nSPS) is 10.5. The zero-order valence-electron chi connectivity index (χ0n) is 13.9. The molecule has 3 N–H and O–H groups in total. The number of ether oxygens (including phenoxy) is 2. The lowest BCUT2D eigenvalue weighted by molar-refractivity contribution is 0.147. The summed E-state index contributed by atoms with van der Waals surface area (Å²) in [5.74, 6) is 1.85. The largest absolute Gasteiger partial charge is 0.457 e. The second-order valence-electron chi connectivity index (χ2n) is 5.50. The van der Waals surface area contributed by atoms with Crippen molar-refractivity contribution in [1.29, 1.82) is 0 Å². The fourth-order valence-electron chi connectivity index (χ4n) is 1.82. The summed E-state index contributed by atoms with van der Waals surface area (Å²) in [7, 11) is 0. The molecule has 0 unspecified atom stereocenters. The molecule has 0 fully saturated rings. The molecule has 6 nitrogen and oxygen atoms in total. The van der Waals surface area contributed by atoms with Gasteiger partial charge >= 0.3 is 6.09 Å². The Morgan fingerprint density at radius 2 is 2.04 bits per heavy atom. The van der Waals surface area contributed by atoms with Crippen molar-refractivity contribution < 1.29 is 14.3 Å². The number of hydrogen-bond acceptors (Lipinski definition) is 6. The Labute approximate surface area is 145 Å². The number of hydrogen-bond donors (Lipinski definition) is 2. The van der Waals surface area contributed by atoms with Crippen molar-refractivity contribution in [3.8, 4) is 11.5 Å². The molecule has 0 saturated carbocycles.